The van der Waals surface area contributed by atoms with E-state index < -0.39 is 18.2 Å². The van der Waals surface area contributed by atoms with Gasteiger partial charge in [0.15, 0.2) is 6.10 Å². The highest BCUT2D eigenvalue weighted by atomic mass is 79.9. The van der Waals surface area contributed by atoms with Gasteiger partial charge in [0, 0.05) is 4.47 Å². The Hall–Kier alpha value is -1.40. The second-order valence-electron chi connectivity index (χ2n) is 6.67. The lowest BCUT2D eigenvalue weighted by atomic mass is 9.76. The average Bonchev–Trinajstić information content (AvgIpc) is 3.06. The van der Waals surface area contributed by atoms with Crippen molar-refractivity contribution in [2.45, 2.75) is 62.7 Å². The SMILES string of the molecule is O=C(NC1(c2cccc(Br)c2)CCCCC1)[C@@H]1CC[C@H](C(=O)O)O1. The Morgan fingerprint density at radius 3 is 2.50 bits per heavy atom. The second kappa shape index (κ2) is 7.23. The number of carboxylic acid groups (broad SMARTS) is 1. The summed E-state index contributed by atoms with van der Waals surface area (Å²) in [4.78, 5) is 23.7. The van der Waals surface area contributed by atoms with Gasteiger partial charge in [0.2, 0.25) is 5.91 Å². The highest BCUT2D eigenvalue weighted by molar-refractivity contribution is 9.10. The van der Waals surface area contributed by atoms with Crippen molar-refractivity contribution < 1.29 is 19.4 Å². The Kier molecular flexibility index (Phi) is 5.25. The number of carbonyl (C=O) groups is 2. The number of hydrogen-bond acceptors (Lipinski definition) is 3. The maximum Gasteiger partial charge on any atom is 0.332 e. The van der Waals surface area contributed by atoms with Crippen molar-refractivity contribution in [1.29, 1.82) is 0 Å². The van der Waals surface area contributed by atoms with Gasteiger partial charge >= 0.3 is 5.97 Å². The fraction of sp³-hybridized carbons (Fsp3) is 0.556. The Labute approximate surface area is 149 Å². The van der Waals surface area contributed by atoms with E-state index in [1.54, 1.807) is 0 Å². The van der Waals surface area contributed by atoms with Crippen molar-refractivity contribution in [1.82, 2.24) is 5.32 Å². The van der Waals surface area contributed by atoms with Crippen LogP contribution in [0.25, 0.3) is 0 Å². The standard InChI is InChI=1S/C18H22BrNO4/c19-13-6-4-5-12(11-13)18(9-2-1-3-10-18)20-16(21)14-7-8-15(24-14)17(22)23/h4-6,11,14-15H,1-3,7-10H2,(H,20,21)(H,22,23)/t14-,15+/m0/s1. The largest absolute Gasteiger partial charge is 0.479 e. The van der Waals surface area contributed by atoms with Crippen LogP contribution in [-0.2, 0) is 19.9 Å². The number of carboxylic acids is 1. The molecule has 0 unspecified atom stereocenters. The maximum atomic E-state index is 12.7. The number of ether oxygens (including phenoxy) is 1. The van der Waals surface area contributed by atoms with Gasteiger partial charge in [-0.25, -0.2) is 4.79 Å². The van der Waals surface area contributed by atoms with E-state index in [9.17, 15) is 9.59 Å². The minimum atomic E-state index is -0.996. The van der Waals surface area contributed by atoms with Gasteiger partial charge in [0.05, 0.1) is 5.54 Å². The summed E-state index contributed by atoms with van der Waals surface area (Å²) in [5.74, 6) is -1.19. The summed E-state index contributed by atoms with van der Waals surface area (Å²) in [6.07, 6.45) is 4.40. The van der Waals surface area contributed by atoms with Gasteiger partial charge in [0.25, 0.3) is 0 Å². The van der Waals surface area contributed by atoms with Gasteiger partial charge in [-0.05, 0) is 43.4 Å². The molecule has 0 spiro atoms. The van der Waals surface area contributed by atoms with E-state index >= 15 is 0 Å². The van der Waals surface area contributed by atoms with Gasteiger partial charge in [-0.15, -0.1) is 0 Å². The molecule has 2 N–H and O–H groups in total. The number of benzene rings is 1. The summed E-state index contributed by atoms with van der Waals surface area (Å²) < 4.78 is 6.40. The summed E-state index contributed by atoms with van der Waals surface area (Å²) in [5.41, 5.74) is 0.710. The maximum absolute atomic E-state index is 12.7. The van der Waals surface area contributed by atoms with Gasteiger partial charge in [-0.1, -0.05) is 47.3 Å². The molecule has 1 aromatic carbocycles. The highest BCUT2D eigenvalue weighted by Crippen LogP contribution is 2.38. The third-order valence-electron chi connectivity index (χ3n) is 5.03. The van der Waals surface area contributed by atoms with Crippen LogP contribution in [0.2, 0.25) is 0 Å². The van der Waals surface area contributed by atoms with Crippen molar-refractivity contribution in [3.63, 3.8) is 0 Å². The predicted octanol–water partition coefficient (Wildman–Crippen LogP) is 3.36. The number of nitrogens with one attached hydrogen (secondary N) is 1. The molecule has 2 fully saturated rings. The fourth-order valence-electron chi connectivity index (χ4n) is 3.76. The molecule has 1 saturated heterocycles. The van der Waals surface area contributed by atoms with Gasteiger partial charge in [-0.3, -0.25) is 4.79 Å². The Bertz CT molecular complexity index is 627. The second-order valence-corrected chi connectivity index (χ2v) is 7.59. The molecule has 0 radical (unpaired) electrons. The first kappa shape index (κ1) is 17.4. The van der Waals surface area contributed by atoms with Crippen molar-refractivity contribution in [3.05, 3.63) is 34.3 Å². The first-order valence-corrected chi connectivity index (χ1v) is 9.26. The monoisotopic (exact) mass is 395 g/mol. The van der Waals surface area contributed by atoms with Crippen LogP contribution in [0.4, 0.5) is 0 Å². The molecule has 6 heteroatoms. The summed E-state index contributed by atoms with van der Waals surface area (Å²) in [6.45, 7) is 0. The minimum Gasteiger partial charge on any atom is -0.479 e. The number of hydrogen-bond donors (Lipinski definition) is 2. The van der Waals surface area contributed by atoms with Crippen molar-refractivity contribution in [2.24, 2.45) is 0 Å². The van der Waals surface area contributed by atoms with Crippen molar-refractivity contribution in [2.75, 3.05) is 0 Å². The summed E-state index contributed by atoms with van der Waals surface area (Å²) in [7, 11) is 0. The molecule has 1 aliphatic carbocycles. The van der Waals surface area contributed by atoms with Crippen LogP contribution in [0.5, 0.6) is 0 Å². The zero-order valence-corrected chi connectivity index (χ0v) is 15.0. The van der Waals surface area contributed by atoms with Crippen molar-refractivity contribution >= 4 is 27.8 Å². The molecule has 5 nitrogen and oxygen atoms in total. The Morgan fingerprint density at radius 2 is 1.88 bits per heavy atom. The van der Waals surface area contributed by atoms with Crippen LogP contribution in [0.15, 0.2) is 28.7 Å². The number of rotatable bonds is 4. The molecule has 2 atom stereocenters. The molecule has 130 valence electrons. The number of carbonyl (C=O) groups excluding carboxylic acids is 1. The lowest BCUT2D eigenvalue weighted by Crippen LogP contribution is -2.50. The van der Waals surface area contributed by atoms with Crippen LogP contribution < -0.4 is 5.32 Å². The van der Waals surface area contributed by atoms with E-state index in [0.717, 1.165) is 35.7 Å². The smallest absolute Gasteiger partial charge is 0.332 e. The first-order chi connectivity index (χ1) is 11.5. The van der Waals surface area contributed by atoms with E-state index in [-0.39, 0.29) is 11.4 Å². The van der Waals surface area contributed by atoms with Gasteiger partial charge < -0.3 is 15.2 Å². The molecule has 3 rings (SSSR count). The van der Waals surface area contributed by atoms with Crippen LogP contribution in [0, 0.1) is 0 Å². The van der Waals surface area contributed by atoms with Crippen LogP contribution in [-0.4, -0.2) is 29.2 Å². The summed E-state index contributed by atoms with van der Waals surface area (Å²) >= 11 is 3.51. The van der Waals surface area contributed by atoms with Crippen LogP contribution in [0.3, 0.4) is 0 Å². The lowest BCUT2D eigenvalue weighted by molar-refractivity contribution is -0.152. The predicted molar refractivity (Wildman–Crippen MR) is 92.6 cm³/mol. The van der Waals surface area contributed by atoms with Gasteiger partial charge in [0.1, 0.15) is 6.10 Å². The molecule has 0 bridgehead atoms. The third-order valence-corrected chi connectivity index (χ3v) is 5.53. The van der Waals surface area contributed by atoms with Crippen LogP contribution in [0.1, 0.15) is 50.5 Å². The molecule has 0 aromatic heterocycles. The van der Waals surface area contributed by atoms with Crippen molar-refractivity contribution in [3.8, 4) is 0 Å². The first-order valence-electron chi connectivity index (χ1n) is 8.46. The summed E-state index contributed by atoms with van der Waals surface area (Å²) in [5, 5.41) is 12.2. The topological polar surface area (TPSA) is 75.6 Å². The molecule has 24 heavy (non-hydrogen) atoms. The number of halogens is 1. The normalized spacial score (nSPS) is 26.0. The lowest BCUT2D eigenvalue weighted by Gasteiger charge is -2.39. The molecule has 1 saturated carbocycles. The molecular formula is C18H22BrNO4. The summed E-state index contributed by atoms with van der Waals surface area (Å²) in [6, 6.07) is 8.06. The molecular weight excluding hydrogens is 374 g/mol. The quantitative estimate of drug-likeness (QED) is 0.819. The zero-order chi connectivity index (χ0) is 17.2. The average molecular weight is 396 g/mol. The third kappa shape index (κ3) is 3.64. The Morgan fingerprint density at radius 1 is 1.17 bits per heavy atom. The van der Waals surface area contributed by atoms with E-state index in [0.29, 0.717) is 12.8 Å². The van der Waals surface area contributed by atoms with E-state index in [4.69, 9.17) is 9.84 Å². The van der Waals surface area contributed by atoms with E-state index in [1.807, 2.05) is 18.2 Å². The molecule has 1 aliphatic heterocycles. The number of amides is 1. The minimum absolute atomic E-state index is 0.194. The van der Waals surface area contributed by atoms with Crippen LogP contribution >= 0.6 is 15.9 Å². The Balaban J connectivity index is 1.78. The molecule has 1 amide bonds. The zero-order valence-electron chi connectivity index (χ0n) is 13.5. The highest BCUT2D eigenvalue weighted by Gasteiger charge is 2.40. The van der Waals surface area contributed by atoms with E-state index in [1.165, 1.54) is 6.42 Å². The molecule has 2 aliphatic rings. The number of aliphatic carboxylic acids is 1. The van der Waals surface area contributed by atoms with Gasteiger partial charge in [-0.2, -0.15) is 0 Å². The van der Waals surface area contributed by atoms with E-state index in [2.05, 4.69) is 27.3 Å². The molecule has 1 heterocycles. The molecule has 1 aromatic rings. The fourth-order valence-corrected chi connectivity index (χ4v) is 4.15.